The Morgan fingerprint density at radius 3 is 2.63 bits per heavy atom. The molecule has 19 heavy (non-hydrogen) atoms. The van der Waals surface area contributed by atoms with Crippen LogP contribution in [0.3, 0.4) is 0 Å². The number of hydrogen-bond donors (Lipinski definition) is 2. The molecule has 0 saturated heterocycles. The number of amides is 1. The summed E-state index contributed by atoms with van der Waals surface area (Å²) < 4.78 is 0. The van der Waals surface area contributed by atoms with Gasteiger partial charge >= 0.3 is 0 Å². The topological polar surface area (TPSA) is 58.4 Å². The van der Waals surface area contributed by atoms with Gasteiger partial charge < -0.3 is 16.0 Å². The second-order valence-electron chi connectivity index (χ2n) is 5.54. The second kappa shape index (κ2) is 5.51. The van der Waals surface area contributed by atoms with Crippen molar-refractivity contribution in [2.24, 2.45) is 5.92 Å². The van der Waals surface area contributed by atoms with E-state index in [1.807, 2.05) is 12.1 Å². The van der Waals surface area contributed by atoms with Crippen molar-refractivity contribution in [2.45, 2.75) is 32.7 Å². The van der Waals surface area contributed by atoms with Crippen molar-refractivity contribution in [1.29, 1.82) is 0 Å². The Morgan fingerprint density at radius 2 is 2.16 bits per heavy atom. The monoisotopic (exact) mass is 261 g/mol. The molecule has 0 spiro atoms. The molecule has 0 bridgehead atoms. The van der Waals surface area contributed by atoms with E-state index in [9.17, 15) is 4.79 Å². The average molecular weight is 261 g/mol. The van der Waals surface area contributed by atoms with E-state index in [0.717, 1.165) is 18.2 Å². The summed E-state index contributed by atoms with van der Waals surface area (Å²) in [6, 6.07) is 5.97. The summed E-state index contributed by atoms with van der Waals surface area (Å²) in [6.45, 7) is 5.41. The van der Waals surface area contributed by atoms with Crippen molar-refractivity contribution in [3.05, 3.63) is 23.8 Å². The largest absolute Gasteiger partial charge is 0.397 e. The Kier molecular flexibility index (Phi) is 3.98. The van der Waals surface area contributed by atoms with Gasteiger partial charge in [0, 0.05) is 25.2 Å². The van der Waals surface area contributed by atoms with Gasteiger partial charge in [0.25, 0.3) is 5.91 Å². The molecular formula is C15H23N3O. The minimum Gasteiger partial charge on any atom is -0.397 e. The fourth-order valence-corrected chi connectivity index (χ4v) is 2.27. The van der Waals surface area contributed by atoms with Gasteiger partial charge in [-0.2, -0.15) is 0 Å². The first kappa shape index (κ1) is 13.7. The highest BCUT2D eigenvalue weighted by Crippen LogP contribution is 2.34. The first-order valence-corrected chi connectivity index (χ1v) is 6.91. The Balaban J connectivity index is 2.24. The minimum absolute atomic E-state index is 0.100. The van der Waals surface area contributed by atoms with Crippen LogP contribution in [-0.2, 0) is 0 Å². The summed E-state index contributed by atoms with van der Waals surface area (Å²) in [5.41, 5.74) is 8.45. The van der Waals surface area contributed by atoms with Crippen LogP contribution in [0.1, 0.15) is 37.0 Å². The highest BCUT2D eigenvalue weighted by molar-refractivity contribution is 5.96. The van der Waals surface area contributed by atoms with E-state index in [0.29, 0.717) is 17.3 Å². The number of benzene rings is 1. The average Bonchev–Trinajstić information content (AvgIpc) is 3.19. The number of nitrogens with two attached hydrogens (primary N) is 1. The summed E-state index contributed by atoms with van der Waals surface area (Å²) in [6.07, 6.45) is 2.64. The zero-order valence-electron chi connectivity index (χ0n) is 11.9. The predicted molar refractivity (Wildman–Crippen MR) is 79.5 cm³/mol. The lowest BCUT2D eigenvalue weighted by Crippen LogP contribution is -2.33. The molecule has 0 radical (unpaired) electrons. The summed E-state index contributed by atoms with van der Waals surface area (Å²) >= 11 is 0. The summed E-state index contributed by atoms with van der Waals surface area (Å²) in [4.78, 5) is 13.9. The molecule has 0 unspecified atom stereocenters. The van der Waals surface area contributed by atoms with Crippen molar-refractivity contribution in [2.75, 3.05) is 24.2 Å². The fraction of sp³-hybridized carbons (Fsp3) is 0.533. The molecule has 1 aliphatic rings. The Bertz CT molecular complexity index is 466. The normalized spacial score (nSPS) is 14.5. The van der Waals surface area contributed by atoms with Gasteiger partial charge in [-0.1, -0.05) is 0 Å². The maximum Gasteiger partial charge on any atom is 0.251 e. The third kappa shape index (κ3) is 3.19. The van der Waals surface area contributed by atoms with E-state index in [1.165, 1.54) is 12.8 Å². The fourth-order valence-electron chi connectivity index (χ4n) is 2.27. The SMILES string of the molecule is CNC(=O)c1ccc(N(CC2CC2)C(C)C)c(N)c1. The summed E-state index contributed by atoms with van der Waals surface area (Å²) in [7, 11) is 1.62. The highest BCUT2D eigenvalue weighted by Gasteiger charge is 2.26. The van der Waals surface area contributed by atoms with Crippen LogP contribution in [0.5, 0.6) is 0 Å². The lowest BCUT2D eigenvalue weighted by Gasteiger charge is -2.30. The number of nitrogens with one attached hydrogen (secondary N) is 1. The number of nitrogen functional groups attached to an aromatic ring is 1. The van der Waals surface area contributed by atoms with Crippen LogP contribution in [0.2, 0.25) is 0 Å². The zero-order valence-corrected chi connectivity index (χ0v) is 11.9. The molecular weight excluding hydrogens is 238 g/mol. The molecule has 0 atom stereocenters. The van der Waals surface area contributed by atoms with E-state index >= 15 is 0 Å². The van der Waals surface area contributed by atoms with E-state index in [-0.39, 0.29) is 5.91 Å². The molecule has 1 amide bonds. The number of carbonyl (C=O) groups is 1. The molecule has 1 fully saturated rings. The van der Waals surface area contributed by atoms with Crippen LogP contribution in [-0.4, -0.2) is 25.5 Å². The summed E-state index contributed by atoms with van der Waals surface area (Å²) in [5.74, 6) is 0.706. The molecule has 2 rings (SSSR count). The van der Waals surface area contributed by atoms with Gasteiger partial charge in [-0.3, -0.25) is 4.79 Å². The smallest absolute Gasteiger partial charge is 0.251 e. The maximum atomic E-state index is 11.6. The molecule has 104 valence electrons. The van der Waals surface area contributed by atoms with Gasteiger partial charge in [0.05, 0.1) is 11.4 Å². The Morgan fingerprint density at radius 1 is 1.47 bits per heavy atom. The molecule has 3 N–H and O–H groups in total. The quantitative estimate of drug-likeness (QED) is 0.799. The van der Waals surface area contributed by atoms with E-state index in [1.54, 1.807) is 13.1 Å². The van der Waals surface area contributed by atoms with Crippen molar-refractivity contribution >= 4 is 17.3 Å². The van der Waals surface area contributed by atoms with Crippen molar-refractivity contribution in [3.8, 4) is 0 Å². The molecule has 1 aromatic rings. The molecule has 0 heterocycles. The van der Waals surface area contributed by atoms with Crippen LogP contribution in [0.25, 0.3) is 0 Å². The van der Waals surface area contributed by atoms with Crippen molar-refractivity contribution in [1.82, 2.24) is 5.32 Å². The predicted octanol–water partition coefficient (Wildman–Crippen LogP) is 2.25. The number of rotatable bonds is 5. The third-order valence-corrected chi connectivity index (χ3v) is 3.60. The van der Waals surface area contributed by atoms with Crippen LogP contribution in [0.15, 0.2) is 18.2 Å². The first-order chi connectivity index (χ1) is 9.02. The number of anilines is 2. The molecule has 1 saturated carbocycles. The lowest BCUT2D eigenvalue weighted by atomic mass is 10.1. The van der Waals surface area contributed by atoms with Crippen LogP contribution in [0.4, 0.5) is 11.4 Å². The zero-order chi connectivity index (χ0) is 14.0. The van der Waals surface area contributed by atoms with E-state index in [2.05, 4.69) is 24.1 Å². The molecule has 0 aliphatic heterocycles. The van der Waals surface area contributed by atoms with Crippen LogP contribution >= 0.6 is 0 Å². The first-order valence-electron chi connectivity index (χ1n) is 6.91. The molecule has 0 aromatic heterocycles. The molecule has 1 aromatic carbocycles. The molecule has 4 heteroatoms. The van der Waals surface area contributed by atoms with Gasteiger partial charge in [0.1, 0.15) is 0 Å². The van der Waals surface area contributed by atoms with Gasteiger partial charge in [0.2, 0.25) is 0 Å². The van der Waals surface area contributed by atoms with Gasteiger partial charge in [-0.25, -0.2) is 0 Å². The third-order valence-electron chi connectivity index (χ3n) is 3.60. The number of nitrogens with zero attached hydrogens (tertiary/aromatic N) is 1. The van der Waals surface area contributed by atoms with Gasteiger partial charge in [-0.15, -0.1) is 0 Å². The second-order valence-corrected chi connectivity index (χ2v) is 5.54. The lowest BCUT2D eigenvalue weighted by molar-refractivity contribution is 0.0963. The molecule has 4 nitrogen and oxygen atoms in total. The van der Waals surface area contributed by atoms with Crippen LogP contribution < -0.4 is 16.0 Å². The minimum atomic E-state index is -0.100. The van der Waals surface area contributed by atoms with Gasteiger partial charge in [-0.05, 0) is 50.8 Å². The summed E-state index contributed by atoms with van der Waals surface area (Å²) in [5, 5.41) is 2.61. The molecule has 1 aliphatic carbocycles. The van der Waals surface area contributed by atoms with Crippen molar-refractivity contribution < 1.29 is 4.79 Å². The number of carbonyl (C=O) groups excluding carboxylic acids is 1. The Hall–Kier alpha value is -1.71. The highest BCUT2D eigenvalue weighted by atomic mass is 16.1. The van der Waals surface area contributed by atoms with E-state index in [4.69, 9.17) is 5.73 Å². The Labute approximate surface area is 115 Å². The maximum absolute atomic E-state index is 11.6. The standard InChI is InChI=1S/C15H23N3O/c1-10(2)18(9-11-4-5-11)14-7-6-12(8-13(14)16)15(19)17-3/h6-8,10-11H,4-5,9,16H2,1-3H3,(H,17,19). The van der Waals surface area contributed by atoms with Gasteiger partial charge in [0.15, 0.2) is 0 Å². The van der Waals surface area contributed by atoms with E-state index < -0.39 is 0 Å². The van der Waals surface area contributed by atoms with Crippen molar-refractivity contribution in [3.63, 3.8) is 0 Å². The number of hydrogen-bond acceptors (Lipinski definition) is 3. The van der Waals surface area contributed by atoms with Crippen LogP contribution in [0, 0.1) is 5.92 Å².